The van der Waals surface area contributed by atoms with Gasteiger partial charge < -0.3 is 4.42 Å². The Balaban J connectivity index is 1.50. The molecule has 0 N–H and O–H groups in total. The molecule has 1 aromatic heterocycles. The second-order valence-corrected chi connectivity index (χ2v) is 6.67. The van der Waals surface area contributed by atoms with Crippen LogP contribution in [-0.2, 0) is 0 Å². The molecule has 1 nitrogen and oxygen atoms in total. The van der Waals surface area contributed by atoms with Gasteiger partial charge in [0.1, 0.15) is 11.3 Å². The molecule has 27 heavy (non-hydrogen) atoms. The Labute approximate surface area is 158 Å². The first-order chi connectivity index (χ1) is 13.4. The average Bonchev–Trinajstić information content (AvgIpc) is 3.18. The molecule has 5 aromatic rings. The summed E-state index contributed by atoms with van der Waals surface area (Å²) in [4.78, 5) is 0. The van der Waals surface area contributed by atoms with E-state index in [4.69, 9.17) is 4.42 Å². The van der Waals surface area contributed by atoms with Crippen molar-refractivity contribution in [3.8, 4) is 33.6 Å². The van der Waals surface area contributed by atoms with E-state index in [0.717, 1.165) is 22.3 Å². The van der Waals surface area contributed by atoms with Crippen molar-refractivity contribution in [3.63, 3.8) is 0 Å². The maximum Gasteiger partial charge on any atom is 0.135 e. The number of fused-ring (bicyclic) bond motifs is 1. The van der Waals surface area contributed by atoms with Crippen molar-refractivity contribution in [2.45, 2.75) is 0 Å². The number of hydrogen-bond acceptors (Lipinski definition) is 1. The van der Waals surface area contributed by atoms with E-state index < -0.39 is 0 Å². The SMILES string of the molecule is c1ccc(-c2ccc(-c3cc4ccc(-c5ccccc5)cc4o3)cc2)cc1. The molecule has 0 aliphatic carbocycles. The highest BCUT2D eigenvalue weighted by atomic mass is 16.3. The lowest BCUT2D eigenvalue weighted by Crippen LogP contribution is -1.78. The molecule has 0 aliphatic heterocycles. The van der Waals surface area contributed by atoms with Crippen molar-refractivity contribution < 1.29 is 4.42 Å². The van der Waals surface area contributed by atoms with Crippen LogP contribution in [0, 0.1) is 0 Å². The Morgan fingerprint density at radius 2 is 0.926 bits per heavy atom. The lowest BCUT2D eigenvalue weighted by molar-refractivity contribution is 0.632. The second-order valence-electron chi connectivity index (χ2n) is 6.67. The molecule has 4 aromatic carbocycles. The zero-order valence-corrected chi connectivity index (χ0v) is 14.8. The Hall–Kier alpha value is -3.58. The van der Waals surface area contributed by atoms with Gasteiger partial charge in [0, 0.05) is 10.9 Å². The molecule has 128 valence electrons. The van der Waals surface area contributed by atoms with E-state index >= 15 is 0 Å². The molecule has 1 heteroatoms. The van der Waals surface area contributed by atoms with Crippen LogP contribution in [0.1, 0.15) is 0 Å². The van der Waals surface area contributed by atoms with E-state index in [-0.39, 0.29) is 0 Å². The summed E-state index contributed by atoms with van der Waals surface area (Å²) in [7, 11) is 0. The molecular weight excluding hydrogens is 328 g/mol. The Kier molecular flexibility index (Phi) is 3.84. The quantitative estimate of drug-likeness (QED) is 0.331. The van der Waals surface area contributed by atoms with Crippen molar-refractivity contribution in [1.82, 2.24) is 0 Å². The van der Waals surface area contributed by atoms with E-state index in [9.17, 15) is 0 Å². The van der Waals surface area contributed by atoms with Crippen molar-refractivity contribution >= 4 is 11.0 Å². The van der Waals surface area contributed by atoms with Crippen LogP contribution in [0.3, 0.4) is 0 Å². The molecule has 0 radical (unpaired) electrons. The van der Waals surface area contributed by atoms with Gasteiger partial charge in [-0.2, -0.15) is 0 Å². The lowest BCUT2D eigenvalue weighted by atomic mass is 10.0. The molecule has 0 atom stereocenters. The summed E-state index contributed by atoms with van der Waals surface area (Å²) in [6.07, 6.45) is 0. The van der Waals surface area contributed by atoms with Gasteiger partial charge in [-0.25, -0.2) is 0 Å². The molecule has 0 fully saturated rings. The summed E-state index contributed by atoms with van der Waals surface area (Å²) >= 11 is 0. The number of benzene rings is 4. The van der Waals surface area contributed by atoms with E-state index in [2.05, 4.69) is 97.1 Å². The Bertz CT molecular complexity index is 1180. The molecule has 1 heterocycles. The van der Waals surface area contributed by atoms with Crippen LogP contribution in [0.5, 0.6) is 0 Å². The predicted molar refractivity (Wildman–Crippen MR) is 113 cm³/mol. The summed E-state index contributed by atoms with van der Waals surface area (Å²) in [6.45, 7) is 0. The second kappa shape index (κ2) is 6.62. The first-order valence-corrected chi connectivity index (χ1v) is 9.12. The average molecular weight is 346 g/mol. The summed E-state index contributed by atoms with van der Waals surface area (Å²) in [5.41, 5.74) is 6.81. The highest BCUT2D eigenvalue weighted by molar-refractivity contribution is 5.87. The largest absolute Gasteiger partial charge is 0.456 e. The van der Waals surface area contributed by atoms with Gasteiger partial charge in [-0.3, -0.25) is 0 Å². The van der Waals surface area contributed by atoms with Crippen molar-refractivity contribution in [2.75, 3.05) is 0 Å². The maximum absolute atomic E-state index is 6.16. The van der Waals surface area contributed by atoms with Crippen LogP contribution in [-0.4, -0.2) is 0 Å². The predicted octanol–water partition coefficient (Wildman–Crippen LogP) is 7.43. The third-order valence-corrected chi connectivity index (χ3v) is 4.90. The van der Waals surface area contributed by atoms with Gasteiger partial charge >= 0.3 is 0 Å². The van der Waals surface area contributed by atoms with E-state index in [1.54, 1.807) is 0 Å². The molecular formula is C26H18O. The van der Waals surface area contributed by atoms with Crippen LogP contribution in [0.2, 0.25) is 0 Å². The fraction of sp³-hybridized carbons (Fsp3) is 0. The molecule has 0 bridgehead atoms. The highest BCUT2D eigenvalue weighted by Gasteiger charge is 2.08. The number of rotatable bonds is 3. The Morgan fingerprint density at radius 1 is 0.407 bits per heavy atom. The van der Waals surface area contributed by atoms with Crippen LogP contribution >= 0.6 is 0 Å². The van der Waals surface area contributed by atoms with E-state index in [1.807, 2.05) is 12.1 Å². The first kappa shape index (κ1) is 15.7. The molecule has 0 amide bonds. The van der Waals surface area contributed by atoms with Crippen molar-refractivity contribution in [2.24, 2.45) is 0 Å². The smallest absolute Gasteiger partial charge is 0.135 e. The van der Waals surface area contributed by atoms with E-state index in [0.29, 0.717) is 0 Å². The fourth-order valence-electron chi connectivity index (χ4n) is 3.44. The zero-order chi connectivity index (χ0) is 18.1. The van der Waals surface area contributed by atoms with E-state index in [1.165, 1.54) is 22.3 Å². The van der Waals surface area contributed by atoms with Gasteiger partial charge in [0.25, 0.3) is 0 Å². The summed E-state index contributed by atoms with van der Waals surface area (Å²) in [5.74, 6) is 0.898. The first-order valence-electron chi connectivity index (χ1n) is 9.12. The number of furan rings is 1. The Morgan fingerprint density at radius 3 is 1.59 bits per heavy atom. The minimum absolute atomic E-state index is 0.898. The topological polar surface area (TPSA) is 13.1 Å². The van der Waals surface area contributed by atoms with Crippen molar-refractivity contribution in [3.05, 3.63) is 109 Å². The van der Waals surface area contributed by atoms with Gasteiger partial charge in [-0.05, 0) is 34.4 Å². The molecule has 0 unspecified atom stereocenters. The molecule has 5 rings (SSSR count). The van der Waals surface area contributed by atoms with Gasteiger partial charge in [-0.15, -0.1) is 0 Å². The van der Waals surface area contributed by atoms with Crippen LogP contribution in [0.4, 0.5) is 0 Å². The minimum atomic E-state index is 0.898. The zero-order valence-electron chi connectivity index (χ0n) is 14.8. The van der Waals surface area contributed by atoms with Crippen molar-refractivity contribution in [1.29, 1.82) is 0 Å². The van der Waals surface area contributed by atoms with Gasteiger partial charge in [0.15, 0.2) is 0 Å². The standard InChI is InChI=1S/C26H18O/c1-3-7-19(8-4-1)21-11-13-22(14-12-21)25-18-24-16-15-23(17-26(24)27-25)20-9-5-2-6-10-20/h1-18H. The normalized spacial score (nSPS) is 11.0. The summed E-state index contributed by atoms with van der Waals surface area (Å²) in [5, 5.41) is 1.12. The summed E-state index contributed by atoms with van der Waals surface area (Å²) < 4.78 is 6.16. The third-order valence-electron chi connectivity index (χ3n) is 4.90. The molecule has 0 saturated heterocycles. The fourth-order valence-corrected chi connectivity index (χ4v) is 3.44. The molecule has 0 aliphatic rings. The maximum atomic E-state index is 6.16. The highest BCUT2D eigenvalue weighted by Crippen LogP contribution is 2.32. The number of hydrogen-bond donors (Lipinski definition) is 0. The molecule has 0 spiro atoms. The van der Waals surface area contributed by atoms with Gasteiger partial charge in [-0.1, -0.05) is 97.1 Å². The third kappa shape index (κ3) is 3.04. The van der Waals surface area contributed by atoms with Crippen LogP contribution in [0.25, 0.3) is 44.5 Å². The van der Waals surface area contributed by atoms with Gasteiger partial charge in [0.2, 0.25) is 0 Å². The van der Waals surface area contributed by atoms with Gasteiger partial charge in [0.05, 0.1) is 0 Å². The molecule has 0 saturated carbocycles. The van der Waals surface area contributed by atoms with Crippen LogP contribution < -0.4 is 0 Å². The minimum Gasteiger partial charge on any atom is -0.456 e. The summed E-state index contributed by atoms with van der Waals surface area (Å²) in [6, 6.07) is 37.8. The van der Waals surface area contributed by atoms with Crippen LogP contribution in [0.15, 0.2) is 114 Å². The monoisotopic (exact) mass is 346 g/mol. The lowest BCUT2D eigenvalue weighted by Gasteiger charge is -2.02.